The largest absolute Gasteiger partial charge is 0.325 e. The van der Waals surface area contributed by atoms with Gasteiger partial charge in [-0.2, -0.15) is 0 Å². The maximum atomic E-state index is 12.4. The SMILES string of the molecule is Cc1ccc(NC(=O)CN2CCCCCC2)cc1S(=O)(=O)N(C)C. The van der Waals surface area contributed by atoms with Crippen molar-refractivity contribution in [3.8, 4) is 0 Å². The van der Waals surface area contributed by atoms with Crippen LogP contribution in [0.5, 0.6) is 0 Å². The zero-order chi connectivity index (χ0) is 17.7. The Kier molecular flexibility index (Phi) is 6.37. The van der Waals surface area contributed by atoms with Crippen molar-refractivity contribution < 1.29 is 13.2 Å². The molecular weight excluding hydrogens is 326 g/mol. The van der Waals surface area contributed by atoms with E-state index in [1.54, 1.807) is 19.1 Å². The van der Waals surface area contributed by atoms with Crippen molar-refractivity contribution in [3.05, 3.63) is 23.8 Å². The lowest BCUT2D eigenvalue weighted by atomic mass is 10.2. The molecule has 134 valence electrons. The molecule has 0 aromatic heterocycles. The summed E-state index contributed by atoms with van der Waals surface area (Å²) in [6.45, 7) is 3.99. The minimum Gasteiger partial charge on any atom is -0.325 e. The second-order valence-corrected chi connectivity index (χ2v) is 8.63. The standard InChI is InChI=1S/C17H27N3O3S/c1-14-8-9-15(12-16(14)24(22,23)19(2)3)18-17(21)13-20-10-6-4-5-7-11-20/h8-9,12H,4-7,10-11,13H2,1-3H3,(H,18,21). The van der Waals surface area contributed by atoms with Crippen molar-refractivity contribution in [2.75, 3.05) is 39.0 Å². The molecule has 7 heteroatoms. The van der Waals surface area contributed by atoms with Crippen LogP contribution in [0.15, 0.2) is 23.1 Å². The smallest absolute Gasteiger partial charge is 0.242 e. The van der Waals surface area contributed by atoms with Gasteiger partial charge in [-0.15, -0.1) is 0 Å². The molecule has 1 saturated heterocycles. The van der Waals surface area contributed by atoms with Crippen LogP contribution in [0.2, 0.25) is 0 Å². The van der Waals surface area contributed by atoms with Gasteiger partial charge in [0, 0.05) is 19.8 Å². The summed E-state index contributed by atoms with van der Waals surface area (Å²) in [6, 6.07) is 4.99. The van der Waals surface area contributed by atoms with Crippen molar-refractivity contribution in [3.63, 3.8) is 0 Å². The minimum atomic E-state index is -3.53. The molecule has 1 heterocycles. The lowest BCUT2D eigenvalue weighted by molar-refractivity contribution is -0.117. The van der Waals surface area contributed by atoms with Crippen LogP contribution in [-0.2, 0) is 14.8 Å². The molecular formula is C17H27N3O3S. The average molecular weight is 353 g/mol. The fourth-order valence-electron chi connectivity index (χ4n) is 2.85. The summed E-state index contributed by atoms with van der Waals surface area (Å²) >= 11 is 0. The number of carbonyl (C=O) groups excluding carboxylic acids is 1. The van der Waals surface area contributed by atoms with Gasteiger partial charge < -0.3 is 5.32 Å². The number of aryl methyl sites for hydroxylation is 1. The van der Waals surface area contributed by atoms with Gasteiger partial charge in [0.25, 0.3) is 0 Å². The molecule has 1 amide bonds. The molecule has 1 aliphatic rings. The van der Waals surface area contributed by atoms with Crippen molar-refractivity contribution in [1.82, 2.24) is 9.21 Å². The Morgan fingerprint density at radius 2 is 1.79 bits per heavy atom. The third-order valence-corrected chi connectivity index (χ3v) is 6.25. The van der Waals surface area contributed by atoms with Crippen molar-refractivity contribution >= 4 is 21.6 Å². The number of rotatable bonds is 5. The van der Waals surface area contributed by atoms with Gasteiger partial charge in [0.05, 0.1) is 11.4 Å². The van der Waals surface area contributed by atoms with E-state index in [0.29, 0.717) is 17.8 Å². The fraction of sp³-hybridized carbons (Fsp3) is 0.588. The van der Waals surface area contributed by atoms with Crippen LogP contribution in [0.1, 0.15) is 31.2 Å². The van der Waals surface area contributed by atoms with E-state index >= 15 is 0 Å². The predicted octanol–water partition coefficient (Wildman–Crippen LogP) is 2.06. The van der Waals surface area contributed by atoms with E-state index in [0.717, 1.165) is 25.9 Å². The summed E-state index contributed by atoms with van der Waals surface area (Å²) in [4.78, 5) is 14.6. The van der Waals surface area contributed by atoms with Crippen LogP contribution in [0.3, 0.4) is 0 Å². The van der Waals surface area contributed by atoms with Gasteiger partial charge in [-0.05, 0) is 50.6 Å². The molecule has 1 aromatic carbocycles. The highest BCUT2D eigenvalue weighted by Gasteiger charge is 2.20. The Morgan fingerprint density at radius 1 is 1.17 bits per heavy atom. The molecule has 6 nitrogen and oxygen atoms in total. The topological polar surface area (TPSA) is 69.7 Å². The number of anilines is 1. The van der Waals surface area contributed by atoms with Crippen LogP contribution in [0.4, 0.5) is 5.69 Å². The maximum absolute atomic E-state index is 12.4. The first-order chi connectivity index (χ1) is 11.3. The minimum absolute atomic E-state index is 0.103. The lowest BCUT2D eigenvalue weighted by Gasteiger charge is -2.19. The van der Waals surface area contributed by atoms with Gasteiger partial charge in [-0.25, -0.2) is 12.7 Å². The zero-order valence-corrected chi connectivity index (χ0v) is 15.5. The van der Waals surface area contributed by atoms with Gasteiger partial charge in [0.15, 0.2) is 0 Å². The summed E-state index contributed by atoms with van der Waals surface area (Å²) in [5.41, 5.74) is 1.18. The van der Waals surface area contributed by atoms with Crippen LogP contribution in [0, 0.1) is 6.92 Å². The number of nitrogens with one attached hydrogen (secondary N) is 1. The Labute approximate surface area is 144 Å². The summed E-state index contributed by atoms with van der Waals surface area (Å²) in [5, 5.41) is 2.82. The monoisotopic (exact) mass is 353 g/mol. The predicted molar refractivity (Wildman–Crippen MR) is 95.6 cm³/mol. The molecule has 24 heavy (non-hydrogen) atoms. The van der Waals surface area contributed by atoms with Gasteiger partial charge in [0.1, 0.15) is 0 Å². The highest BCUT2D eigenvalue weighted by Crippen LogP contribution is 2.22. The van der Waals surface area contributed by atoms with E-state index in [1.165, 1.54) is 37.3 Å². The molecule has 0 spiro atoms. The molecule has 1 N–H and O–H groups in total. The number of amides is 1. The second-order valence-electron chi connectivity index (χ2n) is 6.51. The molecule has 1 aliphatic heterocycles. The third-order valence-electron chi connectivity index (χ3n) is 4.30. The van der Waals surface area contributed by atoms with E-state index in [9.17, 15) is 13.2 Å². The first-order valence-electron chi connectivity index (χ1n) is 8.36. The molecule has 0 unspecified atom stereocenters. The first kappa shape index (κ1) is 18.9. The van der Waals surface area contributed by atoms with E-state index in [4.69, 9.17) is 0 Å². The van der Waals surface area contributed by atoms with Crippen LogP contribution < -0.4 is 5.32 Å². The number of sulfonamides is 1. The maximum Gasteiger partial charge on any atom is 0.242 e. The second kappa shape index (κ2) is 8.09. The lowest BCUT2D eigenvalue weighted by Crippen LogP contribution is -2.34. The molecule has 0 aliphatic carbocycles. The van der Waals surface area contributed by atoms with Crippen molar-refractivity contribution in [1.29, 1.82) is 0 Å². The van der Waals surface area contributed by atoms with Gasteiger partial charge in [0.2, 0.25) is 15.9 Å². The highest BCUT2D eigenvalue weighted by molar-refractivity contribution is 7.89. The Bertz CT molecular complexity index is 678. The number of likely N-dealkylation sites (tertiary alicyclic amines) is 1. The summed E-state index contributed by atoms with van der Waals surface area (Å²) in [7, 11) is -0.528. The summed E-state index contributed by atoms with van der Waals surface area (Å²) in [5.74, 6) is -0.103. The Balaban J connectivity index is 2.08. The number of carbonyl (C=O) groups is 1. The van der Waals surface area contributed by atoms with Crippen molar-refractivity contribution in [2.24, 2.45) is 0 Å². The third kappa shape index (κ3) is 4.78. The number of benzene rings is 1. The average Bonchev–Trinajstić information content (AvgIpc) is 2.77. The van der Waals surface area contributed by atoms with Gasteiger partial charge in [-0.1, -0.05) is 18.9 Å². The van der Waals surface area contributed by atoms with Gasteiger partial charge in [-0.3, -0.25) is 9.69 Å². The van der Waals surface area contributed by atoms with Gasteiger partial charge >= 0.3 is 0 Å². The van der Waals surface area contributed by atoms with Crippen LogP contribution >= 0.6 is 0 Å². The highest BCUT2D eigenvalue weighted by atomic mass is 32.2. The normalized spacial score (nSPS) is 16.8. The molecule has 0 atom stereocenters. The Hall–Kier alpha value is -1.44. The van der Waals surface area contributed by atoms with E-state index in [2.05, 4.69) is 10.2 Å². The molecule has 0 saturated carbocycles. The summed E-state index contributed by atoms with van der Waals surface area (Å²) in [6.07, 6.45) is 4.70. The van der Waals surface area contributed by atoms with E-state index in [1.807, 2.05) is 0 Å². The van der Waals surface area contributed by atoms with E-state index in [-0.39, 0.29) is 10.8 Å². The number of hydrogen-bond acceptors (Lipinski definition) is 4. The quantitative estimate of drug-likeness (QED) is 0.880. The molecule has 0 radical (unpaired) electrons. The first-order valence-corrected chi connectivity index (χ1v) is 9.80. The molecule has 1 aromatic rings. The Morgan fingerprint density at radius 3 is 2.38 bits per heavy atom. The fourth-order valence-corrected chi connectivity index (χ4v) is 3.99. The summed E-state index contributed by atoms with van der Waals surface area (Å²) < 4.78 is 25.9. The molecule has 1 fully saturated rings. The molecule has 0 bridgehead atoms. The van der Waals surface area contributed by atoms with Crippen LogP contribution in [-0.4, -0.2) is 57.3 Å². The van der Waals surface area contributed by atoms with Crippen LogP contribution in [0.25, 0.3) is 0 Å². The van der Waals surface area contributed by atoms with E-state index < -0.39 is 10.0 Å². The zero-order valence-electron chi connectivity index (χ0n) is 14.7. The number of hydrogen-bond donors (Lipinski definition) is 1. The number of nitrogens with zero attached hydrogens (tertiary/aromatic N) is 2. The van der Waals surface area contributed by atoms with Crippen molar-refractivity contribution in [2.45, 2.75) is 37.5 Å². The molecule has 2 rings (SSSR count).